The van der Waals surface area contributed by atoms with Crippen LogP contribution in [-0.2, 0) is 0 Å². The van der Waals surface area contributed by atoms with Crippen molar-refractivity contribution < 1.29 is 0 Å². The molecule has 0 aliphatic heterocycles. The fraction of sp³-hybridized carbons (Fsp3) is 0. The van der Waals surface area contributed by atoms with Gasteiger partial charge in [-0.3, -0.25) is 0 Å². The molecule has 2 aliphatic rings. The van der Waals surface area contributed by atoms with Crippen molar-refractivity contribution >= 4 is 64.6 Å². The summed E-state index contributed by atoms with van der Waals surface area (Å²) in [6, 6.07) is 100. The van der Waals surface area contributed by atoms with Crippen LogP contribution in [0.3, 0.4) is 0 Å². The SMILES string of the molecule is c1ccc(-c2cccc(-c3c4c(c(-c5ccccc5)c5ccccc35)-c3ccc5c6ccc7c8c(ccc(c9ccc-4c3c59)c86)-c3c-7c(-c4ccccc4)c4ccccc4c3-c3ccccc3-c3ccccc3)c2)cc1. The molecule has 0 heteroatoms. The van der Waals surface area contributed by atoms with E-state index in [1.807, 2.05) is 0 Å². The molecule has 0 atom stereocenters. The van der Waals surface area contributed by atoms with Crippen LogP contribution in [0.2, 0.25) is 0 Å². The fourth-order valence-corrected chi connectivity index (χ4v) is 14.1. The van der Waals surface area contributed by atoms with Gasteiger partial charge in [-0.05, 0) is 182 Å². The third-order valence-corrected chi connectivity index (χ3v) is 17.1. The minimum Gasteiger partial charge on any atom is -0.0622 e. The second-order valence-electron chi connectivity index (χ2n) is 20.8. The minimum absolute atomic E-state index is 1.22. The first-order chi connectivity index (χ1) is 37.8. The summed E-state index contributed by atoms with van der Waals surface area (Å²) >= 11 is 0. The molecule has 0 aromatic heterocycles. The molecule has 76 heavy (non-hydrogen) atoms. The van der Waals surface area contributed by atoms with Gasteiger partial charge in [-0.1, -0.05) is 261 Å². The Morgan fingerprint density at radius 2 is 0.447 bits per heavy atom. The quantitative estimate of drug-likeness (QED) is 0.115. The normalized spacial score (nSPS) is 12.2. The largest absolute Gasteiger partial charge is 0.0622 e. The molecule has 15 aromatic carbocycles. The van der Waals surface area contributed by atoms with E-state index in [9.17, 15) is 0 Å². The summed E-state index contributed by atoms with van der Waals surface area (Å²) in [6.07, 6.45) is 0. The van der Waals surface area contributed by atoms with Gasteiger partial charge in [0.25, 0.3) is 0 Å². The Morgan fingerprint density at radius 1 is 0.132 bits per heavy atom. The zero-order chi connectivity index (χ0) is 49.6. The zero-order valence-electron chi connectivity index (χ0n) is 41.4. The molecule has 15 aromatic rings. The van der Waals surface area contributed by atoms with Crippen molar-refractivity contribution in [1.29, 1.82) is 0 Å². The maximum absolute atomic E-state index is 2.47. The predicted molar refractivity (Wildman–Crippen MR) is 324 cm³/mol. The van der Waals surface area contributed by atoms with E-state index in [-0.39, 0.29) is 0 Å². The Balaban J connectivity index is 0.981. The topological polar surface area (TPSA) is 0 Å². The highest BCUT2D eigenvalue weighted by Crippen LogP contribution is 2.63. The molecule has 0 saturated carbocycles. The van der Waals surface area contributed by atoms with Gasteiger partial charge < -0.3 is 0 Å². The summed E-state index contributed by atoms with van der Waals surface area (Å²) in [6.45, 7) is 0. The van der Waals surface area contributed by atoms with Crippen LogP contribution in [0.1, 0.15) is 0 Å². The highest BCUT2D eigenvalue weighted by Gasteiger charge is 2.35. The van der Waals surface area contributed by atoms with Crippen LogP contribution in [0, 0.1) is 0 Å². The maximum Gasteiger partial charge on any atom is -0.000718 e. The van der Waals surface area contributed by atoms with Crippen LogP contribution in [0.25, 0.3) is 176 Å². The van der Waals surface area contributed by atoms with Crippen molar-refractivity contribution in [3.8, 4) is 111 Å². The average molecular weight is 957 g/mol. The Kier molecular flexibility index (Phi) is 8.65. The van der Waals surface area contributed by atoms with Crippen LogP contribution >= 0.6 is 0 Å². The average Bonchev–Trinajstić information content (AvgIpc) is 4.14. The summed E-state index contributed by atoms with van der Waals surface area (Å²) in [5.41, 5.74) is 25.5. The number of hydrogen-bond acceptors (Lipinski definition) is 0. The lowest BCUT2D eigenvalue weighted by Gasteiger charge is -2.22. The zero-order valence-corrected chi connectivity index (χ0v) is 41.4. The first kappa shape index (κ1) is 41.6. The van der Waals surface area contributed by atoms with E-state index in [0.717, 1.165) is 0 Å². The summed E-state index contributed by atoms with van der Waals surface area (Å²) in [4.78, 5) is 0. The lowest BCUT2D eigenvalue weighted by atomic mass is 9.81. The third kappa shape index (κ3) is 5.62. The Morgan fingerprint density at radius 3 is 0.895 bits per heavy atom. The van der Waals surface area contributed by atoms with Crippen LogP contribution < -0.4 is 0 Å². The summed E-state index contributed by atoms with van der Waals surface area (Å²) in [5, 5.41) is 15.7. The van der Waals surface area contributed by atoms with Crippen molar-refractivity contribution in [2.24, 2.45) is 0 Å². The van der Waals surface area contributed by atoms with Crippen LogP contribution in [-0.4, -0.2) is 0 Å². The van der Waals surface area contributed by atoms with E-state index >= 15 is 0 Å². The van der Waals surface area contributed by atoms with Crippen LogP contribution in [0.15, 0.2) is 267 Å². The molecule has 0 saturated heterocycles. The smallest absolute Gasteiger partial charge is 0.000718 e. The molecule has 0 amide bonds. The van der Waals surface area contributed by atoms with Crippen molar-refractivity contribution in [3.63, 3.8) is 0 Å². The van der Waals surface area contributed by atoms with Crippen molar-refractivity contribution in [2.75, 3.05) is 0 Å². The summed E-state index contributed by atoms with van der Waals surface area (Å²) in [5.74, 6) is 0. The Hall–Kier alpha value is -9.88. The van der Waals surface area contributed by atoms with Gasteiger partial charge >= 0.3 is 0 Å². The molecule has 2 aliphatic carbocycles. The van der Waals surface area contributed by atoms with Crippen LogP contribution in [0.4, 0.5) is 0 Å². The molecule has 0 unspecified atom stereocenters. The lowest BCUT2D eigenvalue weighted by molar-refractivity contribution is 1.59. The van der Waals surface area contributed by atoms with Crippen molar-refractivity contribution in [2.45, 2.75) is 0 Å². The van der Waals surface area contributed by atoms with Gasteiger partial charge in [0.2, 0.25) is 0 Å². The molecule has 0 nitrogen and oxygen atoms in total. The highest BCUT2D eigenvalue weighted by atomic mass is 14.4. The molecule has 0 N–H and O–H groups in total. The molecular weight excluding hydrogens is 913 g/mol. The molecule has 348 valence electrons. The van der Waals surface area contributed by atoms with Gasteiger partial charge in [0.1, 0.15) is 0 Å². The number of hydrogen-bond donors (Lipinski definition) is 0. The van der Waals surface area contributed by atoms with E-state index in [1.165, 1.54) is 176 Å². The fourth-order valence-electron chi connectivity index (χ4n) is 14.1. The van der Waals surface area contributed by atoms with E-state index < -0.39 is 0 Å². The number of rotatable bonds is 6. The molecule has 0 spiro atoms. The molecular formula is C76H44. The first-order valence-corrected chi connectivity index (χ1v) is 26.6. The lowest BCUT2D eigenvalue weighted by Crippen LogP contribution is -1.95. The molecule has 0 heterocycles. The van der Waals surface area contributed by atoms with Gasteiger partial charge in [0.15, 0.2) is 0 Å². The van der Waals surface area contributed by atoms with Gasteiger partial charge in [0, 0.05) is 0 Å². The monoisotopic (exact) mass is 956 g/mol. The van der Waals surface area contributed by atoms with Gasteiger partial charge in [-0.25, -0.2) is 0 Å². The maximum atomic E-state index is 2.47. The van der Waals surface area contributed by atoms with E-state index in [2.05, 4.69) is 267 Å². The predicted octanol–water partition coefficient (Wildman–Crippen LogP) is 21.3. The Labute approximate surface area is 440 Å². The van der Waals surface area contributed by atoms with Crippen molar-refractivity contribution in [1.82, 2.24) is 0 Å². The number of fused-ring (bicyclic) bond motifs is 10. The van der Waals surface area contributed by atoms with E-state index in [1.54, 1.807) is 0 Å². The third-order valence-electron chi connectivity index (χ3n) is 17.1. The minimum atomic E-state index is 1.22. The van der Waals surface area contributed by atoms with Gasteiger partial charge in [-0.15, -0.1) is 0 Å². The van der Waals surface area contributed by atoms with E-state index in [0.29, 0.717) is 0 Å². The van der Waals surface area contributed by atoms with Gasteiger partial charge in [0.05, 0.1) is 0 Å². The van der Waals surface area contributed by atoms with Crippen molar-refractivity contribution in [3.05, 3.63) is 267 Å². The number of benzene rings is 15. The second-order valence-corrected chi connectivity index (χ2v) is 20.8. The standard InChI is InChI=1S/C76H44/c1-5-20-45(21-6-1)49-28-19-29-50(44-49)67-54-33-16-15-32-53(54)65(47-24-9-3-10-25-47)73-61-40-36-57-59-37-41-62-72-64(43-39-60(69(59)72)58-38-42-63(75(67)73)71(61)68(57)58)76-70(52-31-14-13-30-51(52)46-22-7-2-8-23-46)56-35-18-17-34-55(56)66(74(62)76)48-26-11-4-12-27-48/h1-44H. The van der Waals surface area contributed by atoms with Gasteiger partial charge in [-0.2, -0.15) is 0 Å². The molecule has 0 fully saturated rings. The summed E-state index contributed by atoms with van der Waals surface area (Å²) < 4.78 is 0. The van der Waals surface area contributed by atoms with Crippen LogP contribution in [0.5, 0.6) is 0 Å². The molecule has 17 rings (SSSR count). The highest BCUT2D eigenvalue weighted by molar-refractivity contribution is 6.42. The summed E-state index contributed by atoms with van der Waals surface area (Å²) in [7, 11) is 0. The molecule has 0 radical (unpaired) electrons. The second kappa shape index (κ2) is 15.8. The van der Waals surface area contributed by atoms with E-state index in [4.69, 9.17) is 0 Å². The first-order valence-electron chi connectivity index (χ1n) is 26.6. The molecule has 0 bridgehead atoms. The Bertz CT molecular complexity index is 4910.